The zero-order valence-corrected chi connectivity index (χ0v) is 12.7. The van der Waals surface area contributed by atoms with Crippen LogP contribution in [0.5, 0.6) is 11.5 Å². The van der Waals surface area contributed by atoms with Gasteiger partial charge in [0.1, 0.15) is 0 Å². The lowest BCUT2D eigenvalue weighted by atomic mass is 10.2. The van der Waals surface area contributed by atoms with Crippen LogP contribution in [0, 0.1) is 0 Å². The van der Waals surface area contributed by atoms with Crippen LogP contribution in [0.4, 0.5) is 0 Å². The lowest BCUT2D eigenvalue weighted by Gasteiger charge is -2.12. The second kappa shape index (κ2) is 7.28. The Morgan fingerprint density at radius 3 is 2.86 bits per heavy atom. The summed E-state index contributed by atoms with van der Waals surface area (Å²) in [5.41, 5.74) is 0.646. The molecule has 1 aromatic carbocycles. The van der Waals surface area contributed by atoms with E-state index in [-0.39, 0.29) is 13.2 Å². The van der Waals surface area contributed by atoms with Gasteiger partial charge in [0.25, 0.3) is 5.89 Å². The molecule has 1 N–H and O–H groups in total. The molecule has 0 bridgehead atoms. The molecule has 1 heterocycles. The topological polar surface area (TPSA) is 77.6 Å². The maximum atomic E-state index is 9.15. The van der Waals surface area contributed by atoms with Crippen molar-refractivity contribution < 1.29 is 19.1 Å². The highest BCUT2D eigenvalue weighted by Crippen LogP contribution is 2.36. The van der Waals surface area contributed by atoms with Crippen molar-refractivity contribution in [2.45, 2.75) is 33.0 Å². The van der Waals surface area contributed by atoms with Gasteiger partial charge in [0, 0.05) is 6.42 Å². The van der Waals surface area contributed by atoms with Crippen LogP contribution in [-0.4, -0.2) is 22.4 Å². The number of rotatable bonds is 7. The second-order valence-electron chi connectivity index (χ2n) is 4.41. The largest absolute Gasteiger partial charge is 0.493 e. The van der Waals surface area contributed by atoms with E-state index in [1.165, 1.54) is 7.11 Å². The van der Waals surface area contributed by atoms with Gasteiger partial charge in [0.05, 0.1) is 18.7 Å². The van der Waals surface area contributed by atoms with Gasteiger partial charge in [0.2, 0.25) is 0 Å². The monoisotopic (exact) mass is 312 g/mol. The van der Waals surface area contributed by atoms with Gasteiger partial charge in [0.15, 0.2) is 23.9 Å². The Labute approximate surface area is 127 Å². The van der Waals surface area contributed by atoms with Gasteiger partial charge in [-0.1, -0.05) is 23.7 Å². The molecule has 21 heavy (non-hydrogen) atoms. The van der Waals surface area contributed by atoms with Gasteiger partial charge in [-0.3, -0.25) is 0 Å². The molecule has 2 rings (SSSR count). The number of halogens is 1. The molecule has 0 atom stereocenters. The number of ether oxygens (including phenoxy) is 2. The third-order valence-corrected chi connectivity index (χ3v) is 3.08. The van der Waals surface area contributed by atoms with Crippen molar-refractivity contribution in [2.75, 3.05) is 7.11 Å². The summed E-state index contributed by atoms with van der Waals surface area (Å²) in [5, 5.41) is 13.3. The molecule has 0 fully saturated rings. The van der Waals surface area contributed by atoms with Gasteiger partial charge in [-0.15, -0.1) is 0 Å². The predicted molar refractivity (Wildman–Crippen MR) is 76.6 cm³/mol. The summed E-state index contributed by atoms with van der Waals surface area (Å²) in [7, 11) is 1.51. The van der Waals surface area contributed by atoms with Crippen LogP contribution in [0.2, 0.25) is 5.02 Å². The summed E-state index contributed by atoms with van der Waals surface area (Å²) in [6, 6.07) is 3.28. The number of aryl methyl sites for hydroxylation is 1. The summed E-state index contributed by atoms with van der Waals surface area (Å²) in [6.45, 7) is 2.02. The first-order valence-electron chi connectivity index (χ1n) is 6.59. The van der Waals surface area contributed by atoms with E-state index >= 15 is 0 Å². The quantitative estimate of drug-likeness (QED) is 0.847. The number of aliphatic hydroxyl groups is 1. The molecule has 7 heteroatoms. The highest BCUT2D eigenvalue weighted by molar-refractivity contribution is 6.32. The van der Waals surface area contributed by atoms with Crippen LogP contribution in [-0.2, 0) is 19.6 Å². The van der Waals surface area contributed by atoms with E-state index in [2.05, 4.69) is 10.1 Å². The summed E-state index contributed by atoms with van der Waals surface area (Å²) < 4.78 is 15.9. The number of hydrogen-bond donors (Lipinski definition) is 1. The lowest BCUT2D eigenvalue weighted by Crippen LogP contribution is -2.00. The van der Waals surface area contributed by atoms with Crippen LogP contribution < -0.4 is 9.47 Å². The summed E-state index contributed by atoms with van der Waals surface area (Å²) in [4.78, 5) is 4.21. The number of nitrogens with zero attached hydrogens (tertiary/aromatic N) is 2. The van der Waals surface area contributed by atoms with Crippen LogP contribution in [0.15, 0.2) is 16.7 Å². The molecule has 0 unspecified atom stereocenters. The molecule has 114 valence electrons. The van der Waals surface area contributed by atoms with Gasteiger partial charge < -0.3 is 19.1 Å². The van der Waals surface area contributed by atoms with Crippen molar-refractivity contribution in [2.24, 2.45) is 0 Å². The average molecular weight is 313 g/mol. The fourth-order valence-corrected chi connectivity index (χ4v) is 2.10. The molecule has 2 aromatic rings. The number of hydrogen-bond acceptors (Lipinski definition) is 6. The van der Waals surface area contributed by atoms with E-state index in [1.807, 2.05) is 6.92 Å². The average Bonchev–Trinajstić information content (AvgIpc) is 2.93. The molecule has 0 aliphatic carbocycles. The molecule has 0 saturated carbocycles. The minimum atomic E-state index is -0.125. The van der Waals surface area contributed by atoms with E-state index in [1.54, 1.807) is 12.1 Å². The summed E-state index contributed by atoms with van der Waals surface area (Å²) >= 11 is 6.13. The molecule has 0 aliphatic rings. The maximum Gasteiger partial charge on any atom is 0.264 e. The van der Waals surface area contributed by atoms with Crippen molar-refractivity contribution >= 4 is 11.6 Å². The molecule has 0 saturated heterocycles. The third-order valence-electron chi connectivity index (χ3n) is 2.80. The van der Waals surface area contributed by atoms with Crippen LogP contribution in [0.25, 0.3) is 0 Å². The number of methoxy groups -OCH3 is 1. The van der Waals surface area contributed by atoms with E-state index < -0.39 is 0 Å². The number of aliphatic hydroxyl groups excluding tert-OH is 1. The molecule has 0 spiro atoms. The summed E-state index contributed by atoms with van der Waals surface area (Å²) in [6.07, 6.45) is 1.71. The minimum Gasteiger partial charge on any atom is -0.493 e. The third kappa shape index (κ3) is 3.86. The zero-order valence-electron chi connectivity index (χ0n) is 11.9. The highest BCUT2D eigenvalue weighted by Gasteiger charge is 2.14. The van der Waals surface area contributed by atoms with Gasteiger partial charge in [-0.2, -0.15) is 4.98 Å². The van der Waals surface area contributed by atoms with Gasteiger partial charge in [-0.05, 0) is 24.1 Å². The van der Waals surface area contributed by atoms with Crippen LogP contribution >= 0.6 is 11.6 Å². The van der Waals surface area contributed by atoms with E-state index in [0.29, 0.717) is 33.8 Å². The predicted octanol–water partition coefficient (Wildman–Crippen LogP) is 2.76. The highest BCUT2D eigenvalue weighted by atomic mass is 35.5. The Morgan fingerprint density at radius 1 is 1.38 bits per heavy atom. The Balaban J connectivity index is 2.11. The first-order valence-corrected chi connectivity index (χ1v) is 6.97. The first-order chi connectivity index (χ1) is 10.2. The Hall–Kier alpha value is -1.79. The molecular weight excluding hydrogens is 296 g/mol. The Morgan fingerprint density at radius 2 is 2.19 bits per heavy atom. The van der Waals surface area contributed by atoms with E-state index in [0.717, 1.165) is 12.8 Å². The van der Waals surface area contributed by atoms with Crippen molar-refractivity contribution in [1.82, 2.24) is 10.1 Å². The van der Waals surface area contributed by atoms with E-state index in [4.69, 9.17) is 30.7 Å². The molecule has 0 aliphatic heterocycles. The molecule has 6 nitrogen and oxygen atoms in total. The van der Waals surface area contributed by atoms with Crippen molar-refractivity contribution in [1.29, 1.82) is 0 Å². The van der Waals surface area contributed by atoms with Crippen molar-refractivity contribution in [3.05, 3.63) is 34.4 Å². The van der Waals surface area contributed by atoms with Crippen LogP contribution in [0.3, 0.4) is 0 Å². The minimum absolute atomic E-state index is 0.102. The SMILES string of the molecule is CCCc1noc(COc2c(Cl)cc(CO)cc2OC)n1. The van der Waals surface area contributed by atoms with Crippen molar-refractivity contribution in [3.8, 4) is 11.5 Å². The van der Waals surface area contributed by atoms with Crippen LogP contribution in [0.1, 0.15) is 30.6 Å². The Kier molecular flexibility index (Phi) is 5.41. The van der Waals surface area contributed by atoms with E-state index in [9.17, 15) is 0 Å². The van der Waals surface area contributed by atoms with Gasteiger partial charge >= 0.3 is 0 Å². The molecule has 0 radical (unpaired) electrons. The summed E-state index contributed by atoms with van der Waals surface area (Å²) in [5.74, 6) is 1.86. The smallest absolute Gasteiger partial charge is 0.264 e. The molecular formula is C14H17ClN2O4. The lowest BCUT2D eigenvalue weighted by molar-refractivity contribution is 0.232. The molecule has 0 amide bonds. The molecule has 1 aromatic heterocycles. The standard InChI is InChI=1S/C14H17ClN2O4/c1-3-4-12-16-13(21-17-12)8-20-14-10(15)5-9(7-18)6-11(14)19-2/h5-6,18H,3-4,7-8H2,1-2H3. The fraction of sp³-hybridized carbons (Fsp3) is 0.429. The van der Waals surface area contributed by atoms with Gasteiger partial charge in [-0.25, -0.2) is 0 Å². The fourth-order valence-electron chi connectivity index (χ4n) is 1.81. The maximum absolute atomic E-state index is 9.15. The number of benzene rings is 1. The normalized spacial score (nSPS) is 10.7. The second-order valence-corrected chi connectivity index (χ2v) is 4.82. The zero-order chi connectivity index (χ0) is 15.2. The Bertz CT molecular complexity index is 601. The number of aromatic nitrogens is 2. The van der Waals surface area contributed by atoms with Crippen molar-refractivity contribution in [3.63, 3.8) is 0 Å². The first kappa shape index (κ1) is 15.6.